The van der Waals surface area contributed by atoms with Crippen molar-refractivity contribution >= 4 is 23.4 Å². The number of carboxylic acid groups (broad SMARTS) is 1. The molecule has 1 aromatic heterocycles. The van der Waals surface area contributed by atoms with Crippen LogP contribution in [0.2, 0.25) is 5.28 Å². The Hall–Kier alpha value is -1.36. The Morgan fingerprint density at radius 3 is 2.61 bits per heavy atom. The number of aromatic nitrogens is 2. The zero-order valence-electron chi connectivity index (χ0n) is 11.0. The largest absolute Gasteiger partial charge is 0.481 e. The van der Waals surface area contributed by atoms with Gasteiger partial charge in [-0.15, -0.1) is 0 Å². The lowest BCUT2D eigenvalue weighted by atomic mass is 9.84. The number of anilines is 1. The van der Waals surface area contributed by atoms with Crippen molar-refractivity contribution in [3.8, 4) is 0 Å². The average Bonchev–Trinajstić information content (AvgIpc) is 2.23. The molecule has 6 heteroatoms. The molecule has 1 aromatic rings. The van der Waals surface area contributed by atoms with Crippen LogP contribution in [-0.4, -0.2) is 34.1 Å². The fraction of sp³-hybridized carbons (Fsp3) is 0.583. The molecule has 0 aromatic carbocycles. The lowest BCUT2D eigenvalue weighted by Crippen LogP contribution is -2.43. The summed E-state index contributed by atoms with van der Waals surface area (Å²) >= 11 is 5.75. The molecule has 0 saturated carbocycles. The van der Waals surface area contributed by atoms with Crippen LogP contribution in [0, 0.1) is 5.41 Å². The SMILES string of the molecule is CN(c1ccnc(Cl)n1)C(CC(=O)O)C(C)(C)C. The van der Waals surface area contributed by atoms with Gasteiger partial charge in [0.05, 0.1) is 6.42 Å². The zero-order valence-corrected chi connectivity index (χ0v) is 11.8. The molecule has 1 rings (SSSR count). The maximum absolute atomic E-state index is 11.0. The molecule has 0 aliphatic rings. The van der Waals surface area contributed by atoms with Gasteiger partial charge in [0.1, 0.15) is 5.82 Å². The van der Waals surface area contributed by atoms with Gasteiger partial charge in [-0.3, -0.25) is 4.79 Å². The minimum atomic E-state index is -0.832. The molecule has 0 aliphatic carbocycles. The summed E-state index contributed by atoms with van der Waals surface area (Å²) in [5, 5.41) is 9.17. The maximum atomic E-state index is 11.0. The van der Waals surface area contributed by atoms with Crippen molar-refractivity contribution in [2.24, 2.45) is 5.41 Å². The summed E-state index contributed by atoms with van der Waals surface area (Å²) in [7, 11) is 1.82. The molecular weight excluding hydrogens is 254 g/mol. The first-order chi connectivity index (χ1) is 8.21. The van der Waals surface area contributed by atoms with Gasteiger partial charge < -0.3 is 10.0 Å². The Morgan fingerprint density at radius 2 is 2.17 bits per heavy atom. The van der Waals surface area contributed by atoms with Gasteiger partial charge >= 0.3 is 5.97 Å². The molecule has 0 aliphatic heterocycles. The number of hydrogen-bond acceptors (Lipinski definition) is 4. The Balaban J connectivity index is 3.02. The average molecular weight is 272 g/mol. The first kappa shape index (κ1) is 14.7. The number of hydrogen-bond donors (Lipinski definition) is 1. The van der Waals surface area contributed by atoms with Gasteiger partial charge in [0.15, 0.2) is 0 Å². The molecule has 0 spiro atoms. The highest BCUT2D eigenvalue weighted by molar-refractivity contribution is 6.28. The van der Waals surface area contributed by atoms with Gasteiger partial charge in [-0.25, -0.2) is 9.97 Å². The Labute approximate surface area is 112 Å². The van der Waals surface area contributed by atoms with E-state index in [-0.39, 0.29) is 23.2 Å². The monoisotopic (exact) mass is 271 g/mol. The molecule has 1 unspecified atom stereocenters. The summed E-state index contributed by atoms with van der Waals surface area (Å²) in [6.07, 6.45) is 1.60. The minimum Gasteiger partial charge on any atom is -0.481 e. The van der Waals surface area contributed by atoms with Crippen molar-refractivity contribution in [2.75, 3.05) is 11.9 Å². The Kier molecular flexibility index (Phi) is 4.51. The van der Waals surface area contributed by atoms with Crippen LogP contribution in [-0.2, 0) is 4.79 Å². The van der Waals surface area contributed by atoms with E-state index >= 15 is 0 Å². The van der Waals surface area contributed by atoms with Crippen molar-refractivity contribution in [2.45, 2.75) is 33.2 Å². The summed E-state index contributed by atoms with van der Waals surface area (Å²) < 4.78 is 0. The second-order valence-corrected chi connectivity index (χ2v) is 5.61. The third-order valence-corrected chi connectivity index (χ3v) is 2.99. The van der Waals surface area contributed by atoms with Crippen molar-refractivity contribution in [3.63, 3.8) is 0 Å². The van der Waals surface area contributed by atoms with Crippen molar-refractivity contribution in [1.82, 2.24) is 9.97 Å². The fourth-order valence-electron chi connectivity index (χ4n) is 1.87. The summed E-state index contributed by atoms with van der Waals surface area (Å²) in [5.41, 5.74) is -0.190. The number of carboxylic acids is 1. The van der Waals surface area contributed by atoms with Crippen molar-refractivity contribution in [3.05, 3.63) is 17.5 Å². The van der Waals surface area contributed by atoms with Gasteiger partial charge in [-0.05, 0) is 23.1 Å². The molecule has 18 heavy (non-hydrogen) atoms. The van der Waals surface area contributed by atoms with Crippen LogP contribution in [0.4, 0.5) is 5.82 Å². The molecule has 0 amide bonds. The molecule has 0 bridgehead atoms. The number of aliphatic carboxylic acids is 1. The zero-order chi connectivity index (χ0) is 13.9. The predicted molar refractivity (Wildman–Crippen MR) is 70.9 cm³/mol. The molecule has 1 heterocycles. The third kappa shape index (κ3) is 3.84. The van der Waals surface area contributed by atoms with Crippen LogP contribution in [0.5, 0.6) is 0 Å². The van der Waals surface area contributed by atoms with E-state index in [1.807, 2.05) is 32.7 Å². The van der Waals surface area contributed by atoms with Gasteiger partial charge in [-0.1, -0.05) is 20.8 Å². The van der Waals surface area contributed by atoms with Crippen LogP contribution in [0.1, 0.15) is 27.2 Å². The number of rotatable bonds is 4. The first-order valence-corrected chi connectivity index (χ1v) is 6.03. The van der Waals surface area contributed by atoms with Gasteiger partial charge in [0.25, 0.3) is 0 Å². The van der Waals surface area contributed by atoms with E-state index in [0.717, 1.165) is 0 Å². The van der Waals surface area contributed by atoms with E-state index in [2.05, 4.69) is 9.97 Å². The highest BCUT2D eigenvalue weighted by atomic mass is 35.5. The standard InChI is InChI=1S/C12H18ClN3O2/c1-12(2,3)8(7-10(17)18)16(4)9-5-6-14-11(13)15-9/h5-6,8H,7H2,1-4H3,(H,17,18). The Morgan fingerprint density at radius 1 is 1.56 bits per heavy atom. The predicted octanol–water partition coefficient (Wildman–Crippen LogP) is 2.46. The van der Waals surface area contributed by atoms with Crippen LogP contribution < -0.4 is 4.90 Å². The summed E-state index contributed by atoms with van der Waals surface area (Å²) in [4.78, 5) is 20.7. The second-order valence-electron chi connectivity index (χ2n) is 5.27. The van der Waals surface area contributed by atoms with E-state index in [4.69, 9.17) is 16.7 Å². The second kappa shape index (κ2) is 5.52. The van der Waals surface area contributed by atoms with Crippen LogP contribution >= 0.6 is 11.6 Å². The normalized spacial score (nSPS) is 13.2. The maximum Gasteiger partial charge on any atom is 0.305 e. The van der Waals surface area contributed by atoms with E-state index < -0.39 is 5.97 Å². The number of carbonyl (C=O) groups is 1. The first-order valence-electron chi connectivity index (χ1n) is 5.65. The minimum absolute atomic E-state index is 0.0433. The number of halogens is 1. The van der Waals surface area contributed by atoms with E-state index in [9.17, 15) is 4.79 Å². The summed E-state index contributed by atoms with van der Waals surface area (Å²) in [5.74, 6) is -0.210. The molecule has 1 N–H and O–H groups in total. The van der Waals surface area contributed by atoms with Gasteiger partial charge in [0.2, 0.25) is 5.28 Å². The summed E-state index contributed by atoms with van der Waals surface area (Å²) in [6.45, 7) is 6.00. The molecule has 1 atom stereocenters. The lowest BCUT2D eigenvalue weighted by Gasteiger charge is -2.37. The van der Waals surface area contributed by atoms with Crippen LogP contribution in [0.25, 0.3) is 0 Å². The quantitative estimate of drug-likeness (QED) is 0.852. The molecular formula is C12H18ClN3O2. The van der Waals surface area contributed by atoms with Crippen molar-refractivity contribution in [1.29, 1.82) is 0 Å². The lowest BCUT2D eigenvalue weighted by molar-refractivity contribution is -0.138. The van der Waals surface area contributed by atoms with E-state index in [0.29, 0.717) is 5.82 Å². The highest BCUT2D eigenvalue weighted by Gasteiger charge is 2.31. The molecule has 0 saturated heterocycles. The molecule has 0 fully saturated rings. The molecule has 0 radical (unpaired) electrons. The Bertz CT molecular complexity index is 432. The van der Waals surface area contributed by atoms with Gasteiger partial charge in [0, 0.05) is 19.3 Å². The molecule has 5 nitrogen and oxygen atoms in total. The van der Waals surface area contributed by atoms with Crippen molar-refractivity contribution < 1.29 is 9.90 Å². The van der Waals surface area contributed by atoms with Gasteiger partial charge in [-0.2, -0.15) is 0 Å². The fourth-order valence-corrected chi connectivity index (χ4v) is 2.01. The highest BCUT2D eigenvalue weighted by Crippen LogP contribution is 2.29. The smallest absolute Gasteiger partial charge is 0.305 e. The van der Waals surface area contributed by atoms with E-state index in [1.165, 1.54) is 0 Å². The number of nitrogens with zero attached hydrogens (tertiary/aromatic N) is 3. The van der Waals surface area contributed by atoms with Crippen LogP contribution in [0.15, 0.2) is 12.3 Å². The van der Waals surface area contributed by atoms with E-state index in [1.54, 1.807) is 12.3 Å². The topological polar surface area (TPSA) is 66.3 Å². The van der Waals surface area contributed by atoms with Crippen LogP contribution in [0.3, 0.4) is 0 Å². The third-order valence-electron chi connectivity index (χ3n) is 2.81. The summed E-state index contributed by atoms with van der Waals surface area (Å²) in [6, 6.07) is 1.54. The molecule has 100 valence electrons.